The van der Waals surface area contributed by atoms with E-state index in [0.717, 1.165) is 0 Å². The van der Waals surface area contributed by atoms with Crippen LogP contribution in [0.3, 0.4) is 0 Å². The zero-order chi connectivity index (χ0) is 26.1. The summed E-state index contributed by atoms with van der Waals surface area (Å²) in [4.78, 5) is 10.8. The maximum Gasteiger partial charge on any atom is 0.468 e. The number of rotatable bonds is 9. The average molecular weight is 512 g/mol. The lowest BCUT2D eigenvalue weighted by molar-refractivity contribution is -0.440. The fraction of sp³-hybridized carbons (Fsp3) is 0.786. The lowest BCUT2D eigenvalue weighted by Crippen LogP contribution is -2.65. The molecule has 0 aliphatic carbocycles. The highest BCUT2D eigenvalue weighted by Crippen LogP contribution is 2.52. The fourth-order valence-electron chi connectivity index (χ4n) is 1.91. The third-order valence-corrected chi connectivity index (χ3v) is 3.85. The van der Waals surface area contributed by atoms with Crippen LogP contribution in [0, 0.1) is 5.92 Å². The maximum atomic E-state index is 13.7. The van der Waals surface area contributed by atoms with Crippen LogP contribution in [-0.2, 0) is 9.53 Å². The van der Waals surface area contributed by atoms with Crippen molar-refractivity contribution in [1.82, 2.24) is 0 Å². The molecule has 190 valence electrons. The molecular weight excluding hydrogens is 501 g/mol. The second-order valence-corrected chi connectivity index (χ2v) is 6.28. The second kappa shape index (κ2) is 9.17. The van der Waals surface area contributed by atoms with Gasteiger partial charge in [-0.25, -0.2) is 4.79 Å². The molecule has 0 saturated heterocycles. The normalized spacial score (nSPS) is 16.9. The van der Waals surface area contributed by atoms with Crippen molar-refractivity contribution in [2.45, 2.75) is 62.3 Å². The smallest absolute Gasteiger partial charge is 0.392 e. The Morgan fingerprint density at radius 1 is 0.875 bits per heavy atom. The highest BCUT2D eigenvalue weighted by Gasteiger charge is 2.81. The molecule has 0 aliphatic rings. The van der Waals surface area contributed by atoms with Crippen molar-refractivity contribution in [1.29, 1.82) is 0 Å². The quantitative estimate of drug-likeness (QED) is 0.230. The number of aliphatic hydroxyl groups is 1. The summed E-state index contributed by atoms with van der Waals surface area (Å²) in [6, 6.07) is 0. The summed E-state index contributed by atoms with van der Waals surface area (Å²) in [6.07, 6.45) is -27.7. The number of esters is 1. The largest absolute Gasteiger partial charge is 0.468 e. The highest BCUT2D eigenvalue weighted by molar-refractivity contribution is 5.90. The zero-order valence-corrected chi connectivity index (χ0v) is 15.1. The van der Waals surface area contributed by atoms with Gasteiger partial charge in [0.25, 0.3) is 6.08 Å². The Bertz CT molecular complexity index is 701. The predicted octanol–water partition coefficient (Wildman–Crippen LogP) is 6.13. The summed E-state index contributed by atoms with van der Waals surface area (Å²) in [5, 5.41) is 8.63. The molecule has 32 heavy (non-hydrogen) atoms. The van der Waals surface area contributed by atoms with E-state index in [-0.39, 0.29) is 0 Å². The van der Waals surface area contributed by atoms with Crippen molar-refractivity contribution in [3.05, 3.63) is 11.7 Å². The predicted molar refractivity (Wildman–Crippen MR) is 71.4 cm³/mol. The van der Waals surface area contributed by atoms with Crippen LogP contribution in [0.1, 0.15) is 26.2 Å². The molecule has 0 fully saturated rings. The molecule has 0 aromatic rings. The summed E-state index contributed by atoms with van der Waals surface area (Å²) in [6.45, 7) is 0.422. The minimum absolute atomic E-state index is 0.422. The van der Waals surface area contributed by atoms with Crippen LogP contribution in [0.5, 0.6) is 0 Å². The maximum absolute atomic E-state index is 13.7. The first-order valence-electron chi connectivity index (χ1n) is 7.80. The van der Waals surface area contributed by atoms with Gasteiger partial charge in [0.15, 0.2) is 0 Å². The van der Waals surface area contributed by atoms with Gasteiger partial charge in [0.05, 0.1) is 5.92 Å². The molecule has 1 N–H and O–H groups in total. The molecule has 0 aliphatic heterocycles. The Morgan fingerprint density at radius 3 is 1.66 bits per heavy atom. The second-order valence-electron chi connectivity index (χ2n) is 6.28. The Balaban J connectivity index is 5.77. The number of hydrogen-bond donors (Lipinski definition) is 1. The Morgan fingerprint density at radius 2 is 1.31 bits per heavy atom. The standard InChI is InChI=1S/C14H11F15O3/c1-5(10(19,20)21)3-2-4-9(17,18)12(25,26)13(27,31)14(28,29)32-8(30)6(7(15)16)11(22,23)24/h5,31H,2-4H2,1H3. The molecular formula is C14H11F15O3. The van der Waals surface area contributed by atoms with E-state index in [1.807, 2.05) is 0 Å². The summed E-state index contributed by atoms with van der Waals surface area (Å²) in [5.74, 6) is -26.3. The fourth-order valence-corrected chi connectivity index (χ4v) is 1.91. The average Bonchev–Trinajstić information content (AvgIpc) is 2.50. The number of carbonyl (C=O) groups excluding carboxylic acids is 1. The molecule has 0 rings (SSSR count). The highest BCUT2D eigenvalue weighted by atomic mass is 19.4. The molecule has 0 aromatic carbocycles. The number of hydrogen-bond acceptors (Lipinski definition) is 3. The number of halogens is 15. The number of ether oxygens (including phenoxy) is 1. The summed E-state index contributed by atoms with van der Waals surface area (Å²) in [7, 11) is 0. The van der Waals surface area contributed by atoms with Crippen molar-refractivity contribution in [2.75, 3.05) is 0 Å². The van der Waals surface area contributed by atoms with Crippen LogP contribution in [0.4, 0.5) is 65.9 Å². The minimum atomic E-state index is -7.00. The van der Waals surface area contributed by atoms with Crippen molar-refractivity contribution < 1.29 is 80.5 Å². The first-order valence-corrected chi connectivity index (χ1v) is 7.80. The molecule has 0 amide bonds. The Kier molecular flexibility index (Phi) is 8.63. The van der Waals surface area contributed by atoms with E-state index in [2.05, 4.69) is 4.74 Å². The van der Waals surface area contributed by atoms with Gasteiger partial charge in [-0.1, -0.05) is 6.92 Å². The lowest BCUT2D eigenvalue weighted by atomic mass is 9.95. The third kappa shape index (κ3) is 6.34. The van der Waals surface area contributed by atoms with Crippen LogP contribution in [0.25, 0.3) is 0 Å². The zero-order valence-electron chi connectivity index (χ0n) is 15.1. The van der Waals surface area contributed by atoms with E-state index in [0.29, 0.717) is 6.92 Å². The molecule has 2 unspecified atom stereocenters. The molecule has 0 aromatic heterocycles. The van der Waals surface area contributed by atoms with Gasteiger partial charge in [-0.2, -0.15) is 65.9 Å². The van der Waals surface area contributed by atoms with E-state index < -0.39 is 79.0 Å². The van der Waals surface area contributed by atoms with Crippen molar-refractivity contribution >= 4 is 5.97 Å². The summed E-state index contributed by atoms with van der Waals surface area (Å²) in [5.41, 5.74) is -3.84. The van der Waals surface area contributed by atoms with Crippen LogP contribution < -0.4 is 0 Å². The van der Waals surface area contributed by atoms with E-state index in [1.54, 1.807) is 0 Å². The number of alkyl halides is 13. The van der Waals surface area contributed by atoms with Crippen LogP contribution in [-0.4, -0.2) is 47.2 Å². The van der Waals surface area contributed by atoms with E-state index in [1.165, 1.54) is 0 Å². The molecule has 0 saturated carbocycles. The molecule has 0 radical (unpaired) electrons. The molecule has 18 heteroatoms. The van der Waals surface area contributed by atoms with Gasteiger partial charge in [0, 0.05) is 6.42 Å². The molecule has 3 nitrogen and oxygen atoms in total. The first kappa shape index (κ1) is 30.1. The molecule has 0 bridgehead atoms. The lowest BCUT2D eigenvalue weighted by Gasteiger charge is -2.37. The van der Waals surface area contributed by atoms with Gasteiger partial charge in [0.1, 0.15) is 0 Å². The van der Waals surface area contributed by atoms with Crippen LogP contribution in [0.2, 0.25) is 0 Å². The molecule has 2 atom stereocenters. The van der Waals surface area contributed by atoms with Crippen LogP contribution in [0.15, 0.2) is 11.7 Å². The molecule has 0 heterocycles. The monoisotopic (exact) mass is 512 g/mol. The van der Waals surface area contributed by atoms with Crippen molar-refractivity contribution in [3.63, 3.8) is 0 Å². The SMILES string of the molecule is CC(CCCC(F)(F)C(F)(F)C(O)(F)C(F)(F)OC(=O)C(=C(F)F)C(F)(F)F)C(F)(F)F. The summed E-state index contributed by atoms with van der Waals surface area (Å²) >= 11 is 0. The van der Waals surface area contributed by atoms with E-state index >= 15 is 0 Å². The van der Waals surface area contributed by atoms with E-state index in [4.69, 9.17) is 5.11 Å². The first-order chi connectivity index (χ1) is 13.8. The van der Waals surface area contributed by atoms with E-state index in [9.17, 15) is 70.7 Å². The van der Waals surface area contributed by atoms with Gasteiger partial charge in [-0.3, -0.25) is 0 Å². The van der Waals surface area contributed by atoms with Gasteiger partial charge in [-0.05, 0) is 12.8 Å². The van der Waals surface area contributed by atoms with Crippen molar-refractivity contribution in [2.24, 2.45) is 5.92 Å². The topological polar surface area (TPSA) is 46.5 Å². The van der Waals surface area contributed by atoms with Gasteiger partial charge < -0.3 is 9.84 Å². The van der Waals surface area contributed by atoms with Gasteiger partial charge in [0.2, 0.25) is 5.57 Å². The van der Waals surface area contributed by atoms with Crippen molar-refractivity contribution in [3.8, 4) is 0 Å². The third-order valence-electron chi connectivity index (χ3n) is 3.85. The number of carbonyl (C=O) groups is 1. The summed E-state index contributed by atoms with van der Waals surface area (Å²) < 4.78 is 195. The Labute approximate surface area is 167 Å². The van der Waals surface area contributed by atoms with Gasteiger partial charge >= 0.3 is 42.1 Å². The molecule has 0 spiro atoms. The van der Waals surface area contributed by atoms with Crippen LogP contribution >= 0.6 is 0 Å². The minimum Gasteiger partial charge on any atom is -0.392 e. The van der Waals surface area contributed by atoms with Gasteiger partial charge in [-0.15, -0.1) is 0 Å². The Hall–Kier alpha value is -1.88.